The maximum Gasteiger partial charge on any atom is 0.255 e. The fraction of sp³-hybridized carbons (Fsp3) is 0.0690. The summed E-state index contributed by atoms with van der Waals surface area (Å²) < 4.78 is 0. The molecule has 0 unspecified atom stereocenters. The van der Waals surface area contributed by atoms with E-state index in [-0.39, 0.29) is 11.8 Å². The molecule has 178 valence electrons. The van der Waals surface area contributed by atoms with E-state index < -0.39 is 5.91 Å². The second-order valence-corrected chi connectivity index (χ2v) is 8.68. The summed E-state index contributed by atoms with van der Waals surface area (Å²) in [4.78, 5) is 39.1. The van der Waals surface area contributed by atoms with E-state index in [1.165, 1.54) is 0 Å². The molecule has 5 N–H and O–H groups in total. The largest absolute Gasteiger partial charge is 0.397 e. The lowest BCUT2D eigenvalue weighted by Gasteiger charge is -2.16. The highest BCUT2D eigenvalue weighted by Gasteiger charge is 2.29. The zero-order chi connectivity index (χ0) is 25.2. The molecule has 5 rings (SSSR count). The molecule has 0 atom stereocenters. The Balaban J connectivity index is 1.32. The molecule has 4 aromatic carbocycles. The van der Waals surface area contributed by atoms with Gasteiger partial charge in [0, 0.05) is 29.8 Å². The smallest absolute Gasteiger partial charge is 0.255 e. The molecular weight excluding hydrogens is 452 g/mol. The predicted octanol–water partition coefficient (Wildman–Crippen LogP) is 4.44. The molecule has 0 saturated heterocycles. The van der Waals surface area contributed by atoms with Gasteiger partial charge in [0.1, 0.15) is 0 Å². The van der Waals surface area contributed by atoms with Crippen LogP contribution in [0.4, 0.5) is 11.4 Å². The van der Waals surface area contributed by atoms with Crippen molar-refractivity contribution in [3.63, 3.8) is 0 Å². The van der Waals surface area contributed by atoms with Gasteiger partial charge in [-0.05, 0) is 64.7 Å². The summed E-state index contributed by atoms with van der Waals surface area (Å²) in [6.45, 7) is 0.850. The number of nitrogen functional groups attached to an aromatic ring is 1. The van der Waals surface area contributed by atoms with E-state index in [0.29, 0.717) is 41.2 Å². The van der Waals surface area contributed by atoms with Crippen LogP contribution in [0.3, 0.4) is 0 Å². The number of nitrogens with two attached hydrogens (primary N) is 2. The molecule has 0 fully saturated rings. The molecule has 0 radical (unpaired) electrons. The first-order chi connectivity index (χ1) is 17.4. The van der Waals surface area contributed by atoms with Crippen LogP contribution in [0.2, 0.25) is 0 Å². The number of nitrogens with one attached hydrogen (secondary N) is 1. The van der Waals surface area contributed by atoms with Crippen molar-refractivity contribution >= 4 is 29.1 Å². The number of rotatable bonds is 6. The Kier molecular flexibility index (Phi) is 5.96. The normalized spacial score (nSPS) is 12.3. The van der Waals surface area contributed by atoms with E-state index >= 15 is 0 Å². The molecular formula is C29H24N4O3. The van der Waals surface area contributed by atoms with Crippen LogP contribution in [0.5, 0.6) is 0 Å². The summed E-state index contributed by atoms with van der Waals surface area (Å²) >= 11 is 0. The van der Waals surface area contributed by atoms with Crippen LogP contribution >= 0.6 is 0 Å². The minimum absolute atomic E-state index is 0.0562. The van der Waals surface area contributed by atoms with E-state index in [1.54, 1.807) is 59.5 Å². The third kappa shape index (κ3) is 4.42. The topological polar surface area (TPSA) is 119 Å². The fourth-order valence-electron chi connectivity index (χ4n) is 4.42. The average Bonchev–Trinajstić information content (AvgIpc) is 3.21. The van der Waals surface area contributed by atoms with Gasteiger partial charge in [-0.2, -0.15) is 0 Å². The van der Waals surface area contributed by atoms with Crippen LogP contribution in [0.25, 0.3) is 11.1 Å². The van der Waals surface area contributed by atoms with Crippen molar-refractivity contribution in [1.29, 1.82) is 0 Å². The van der Waals surface area contributed by atoms with Gasteiger partial charge in [-0.3, -0.25) is 14.4 Å². The lowest BCUT2D eigenvalue weighted by Crippen LogP contribution is -2.23. The first kappa shape index (κ1) is 22.9. The lowest BCUT2D eigenvalue weighted by atomic mass is 9.96. The highest BCUT2D eigenvalue weighted by Crippen LogP contribution is 2.34. The van der Waals surface area contributed by atoms with Crippen LogP contribution in [-0.4, -0.2) is 22.6 Å². The minimum atomic E-state index is -0.494. The first-order valence-corrected chi connectivity index (χ1v) is 11.5. The molecule has 0 saturated carbocycles. The Bertz CT molecular complexity index is 1490. The number of hydrogen-bond acceptors (Lipinski definition) is 4. The van der Waals surface area contributed by atoms with Gasteiger partial charge < -0.3 is 21.7 Å². The third-order valence-electron chi connectivity index (χ3n) is 6.30. The SMILES string of the molecule is NC(=O)c1cccc(-c2cccc3c2CN(Cc2ccc(C(=O)Nc4ccccc4N)cc2)C3=O)c1. The summed E-state index contributed by atoms with van der Waals surface area (Å²) in [5, 5.41) is 2.81. The van der Waals surface area contributed by atoms with E-state index in [1.807, 2.05) is 36.4 Å². The molecule has 0 aliphatic carbocycles. The van der Waals surface area contributed by atoms with E-state index in [0.717, 1.165) is 22.3 Å². The average molecular weight is 477 g/mol. The number of fused-ring (bicyclic) bond motifs is 1. The zero-order valence-corrected chi connectivity index (χ0v) is 19.4. The summed E-state index contributed by atoms with van der Waals surface area (Å²) in [7, 11) is 0. The number of nitrogens with zero attached hydrogens (tertiary/aromatic N) is 1. The van der Waals surface area contributed by atoms with Crippen molar-refractivity contribution in [3.05, 3.63) is 119 Å². The number of hydrogen-bond donors (Lipinski definition) is 3. The number of anilines is 2. The summed E-state index contributed by atoms with van der Waals surface area (Å²) in [5.74, 6) is -0.808. The molecule has 4 aromatic rings. The van der Waals surface area contributed by atoms with Crippen molar-refractivity contribution in [3.8, 4) is 11.1 Å². The number of para-hydroxylation sites is 2. The van der Waals surface area contributed by atoms with Gasteiger partial charge in [-0.15, -0.1) is 0 Å². The molecule has 0 spiro atoms. The molecule has 36 heavy (non-hydrogen) atoms. The molecule has 1 aliphatic heterocycles. The number of carbonyl (C=O) groups excluding carboxylic acids is 3. The van der Waals surface area contributed by atoms with E-state index in [2.05, 4.69) is 5.32 Å². The van der Waals surface area contributed by atoms with Gasteiger partial charge in [0.2, 0.25) is 5.91 Å². The van der Waals surface area contributed by atoms with E-state index in [4.69, 9.17) is 11.5 Å². The maximum atomic E-state index is 13.1. The fourth-order valence-corrected chi connectivity index (χ4v) is 4.42. The van der Waals surface area contributed by atoms with Crippen molar-refractivity contribution < 1.29 is 14.4 Å². The number of benzene rings is 4. The maximum absolute atomic E-state index is 13.1. The second-order valence-electron chi connectivity index (χ2n) is 8.68. The molecule has 0 bridgehead atoms. The first-order valence-electron chi connectivity index (χ1n) is 11.5. The Morgan fingerprint density at radius 3 is 2.31 bits per heavy atom. The van der Waals surface area contributed by atoms with Gasteiger partial charge in [0.15, 0.2) is 0 Å². The lowest BCUT2D eigenvalue weighted by molar-refractivity contribution is 0.0766. The summed E-state index contributed by atoms with van der Waals surface area (Å²) in [5.41, 5.74) is 17.5. The third-order valence-corrected chi connectivity index (χ3v) is 6.30. The van der Waals surface area contributed by atoms with Crippen LogP contribution in [0.15, 0.2) is 91.0 Å². The molecule has 1 aliphatic rings. The predicted molar refractivity (Wildman–Crippen MR) is 139 cm³/mol. The van der Waals surface area contributed by atoms with Crippen molar-refractivity contribution in [2.24, 2.45) is 5.73 Å². The van der Waals surface area contributed by atoms with Gasteiger partial charge in [0.25, 0.3) is 11.8 Å². The molecule has 7 heteroatoms. The number of amides is 3. The summed E-state index contributed by atoms with van der Waals surface area (Å²) in [6.07, 6.45) is 0. The monoisotopic (exact) mass is 476 g/mol. The highest BCUT2D eigenvalue weighted by molar-refractivity contribution is 6.05. The van der Waals surface area contributed by atoms with Crippen molar-refractivity contribution in [2.75, 3.05) is 11.1 Å². The van der Waals surface area contributed by atoms with Crippen molar-refractivity contribution in [1.82, 2.24) is 4.90 Å². The second kappa shape index (κ2) is 9.38. The minimum Gasteiger partial charge on any atom is -0.397 e. The highest BCUT2D eigenvalue weighted by atomic mass is 16.2. The Hall–Kier alpha value is -4.91. The molecule has 3 amide bonds. The molecule has 0 aromatic heterocycles. The standard InChI is InChI=1S/C29H24N4O3/c30-25-9-1-2-10-26(25)32-28(35)19-13-11-18(12-14-19)16-33-17-24-22(7-4-8-23(24)29(33)36)20-5-3-6-21(15-20)27(31)34/h1-15H,16-17,30H2,(H2,31,34)(H,32,35). The van der Waals surface area contributed by atoms with Gasteiger partial charge in [0.05, 0.1) is 11.4 Å². The zero-order valence-electron chi connectivity index (χ0n) is 19.4. The molecule has 7 nitrogen and oxygen atoms in total. The van der Waals surface area contributed by atoms with Gasteiger partial charge in [-0.25, -0.2) is 0 Å². The van der Waals surface area contributed by atoms with Crippen molar-refractivity contribution in [2.45, 2.75) is 13.1 Å². The quantitative estimate of drug-likeness (QED) is 0.356. The number of primary amides is 1. The van der Waals surface area contributed by atoms with Gasteiger partial charge >= 0.3 is 0 Å². The van der Waals surface area contributed by atoms with Crippen LogP contribution in [0.1, 0.15) is 42.2 Å². The van der Waals surface area contributed by atoms with Crippen LogP contribution < -0.4 is 16.8 Å². The van der Waals surface area contributed by atoms with Crippen LogP contribution in [0, 0.1) is 0 Å². The Morgan fingerprint density at radius 2 is 1.56 bits per heavy atom. The summed E-state index contributed by atoms with van der Waals surface area (Å²) in [6, 6.07) is 27.0. The number of carbonyl (C=O) groups is 3. The Morgan fingerprint density at radius 1 is 0.833 bits per heavy atom. The van der Waals surface area contributed by atoms with Gasteiger partial charge in [-0.1, -0.05) is 48.5 Å². The van der Waals surface area contributed by atoms with Crippen LogP contribution in [-0.2, 0) is 13.1 Å². The van der Waals surface area contributed by atoms with E-state index in [9.17, 15) is 14.4 Å². The molecule has 1 heterocycles. The Labute approximate surface area is 208 Å².